The molecule has 20 heavy (non-hydrogen) atoms. The van der Waals surface area contributed by atoms with Crippen LogP contribution in [0.1, 0.15) is 36.8 Å². The van der Waals surface area contributed by atoms with E-state index in [1.165, 1.54) is 5.56 Å². The molecule has 0 aromatic heterocycles. The van der Waals surface area contributed by atoms with Crippen LogP contribution in [-0.4, -0.2) is 35.7 Å². The Morgan fingerprint density at radius 3 is 2.60 bits per heavy atom. The zero-order valence-electron chi connectivity index (χ0n) is 12.1. The minimum absolute atomic E-state index is 0.686. The summed E-state index contributed by atoms with van der Waals surface area (Å²) in [5, 5.41) is 21.2. The van der Waals surface area contributed by atoms with Gasteiger partial charge in [-0.15, -0.1) is 0 Å². The zero-order valence-corrected chi connectivity index (χ0v) is 12.1. The van der Waals surface area contributed by atoms with Crippen molar-refractivity contribution in [2.75, 3.05) is 20.1 Å². The van der Waals surface area contributed by atoms with Crippen molar-refractivity contribution in [2.24, 2.45) is 0 Å². The number of likely N-dealkylation sites (tertiary alicyclic amines) is 1. The molecule has 3 heteroatoms. The number of benzene rings is 1. The average molecular weight is 270 g/mol. The van der Waals surface area contributed by atoms with Crippen LogP contribution in [0.4, 0.5) is 0 Å². The predicted octanol–water partition coefficient (Wildman–Crippen LogP) is 2.24. The van der Waals surface area contributed by atoms with E-state index < -0.39 is 11.0 Å². The van der Waals surface area contributed by atoms with Gasteiger partial charge in [-0.1, -0.05) is 24.3 Å². The maximum Gasteiger partial charge on any atom is 0.111 e. The predicted molar refractivity (Wildman–Crippen MR) is 78.4 cm³/mol. The molecule has 106 valence electrons. The fraction of sp³-hybridized carbons (Fsp3) is 0.588. The van der Waals surface area contributed by atoms with E-state index in [4.69, 9.17) is 0 Å². The lowest BCUT2D eigenvalue weighted by atomic mass is 9.58. The first kappa shape index (κ1) is 13.6. The second kappa shape index (κ2) is 4.87. The maximum absolute atomic E-state index is 11.3. The van der Waals surface area contributed by atoms with Gasteiger partial charge in [-0.2, -0.15) is 5.26 Å². The SMILES string of the molecule is CN1CCC(O)(C2(C#N)CCCc3ccccc32)CC1. The van der Waals surface area contributed by atoms with Gasteiger partial charge in [0, 0.05) is 13.1 Å². The Labute approximate surface area is 120 Å². The van der Waals surface area contributed by atoms with E-state index in [0.717, 1.165) is 37.9 Å². The van der Waals surface area contributed by atoms with Crippen molar-refractivity contribution in [1.82, 2.24) is 4.90 Å². The van der Waals surface area contributed by atoms with Crippen molar-refractivity contribution >= 4 is 0 Å². The first-order valence-electron chi connectivity index (χ1n) is 7.52. The fourth-order valence-corrected chi connectivity index (χ4v) is 3.95. The lowest BCUT2D eigenvalue weighted by Gasteiger charge is -2.49. The van der Waals surface area contributed by atoms with E-state index in [-0.39, 0.29) is 0 Å². The molecular formula is C17H22N2O. The van der Waals surface area contributed by atoms with Crippen LogP contribution in [0.15, 0.2) is 24.3 Å². The molecule has 0 amide bonds. The molecule has 0 spiro atoms. The van der Waals surface area contributed by atoms with Crippen LogP contribution in [0.2, 0.25) is 0 Å². The van der Waals surface area contributed by atoms with E-state index in [2.05, 4.69) is 24.1 Å². The van der Waals surface area contributed by atoms with Crippen molar-refractivity contribution in [3.8, 4) is 6.07 Å². The number of fused-ring (bicyclic) bond motifs is 1. The van der Waals surface area contributed by atoms with Crippen LogP contribution in [-0.2, 0) is 11.8 Å². The molecule has 3 nitrogen and oxygen atoms in total. The van der Waals surface area contributed by atoms with Gasteiger partial charge in [-0.25, -0.2) is 0 Å². The Morgan fingerprint density at radius 1 is 1.20 bits per heavy atom. The van der Waals surface area contributed by atoms with Crippen molar-refractivity contribution in [3.63, 3.8) is 0 Å². The number of piperidine rings is 1. The summed E-state index contributed by atoms with van der Waals surface area (Å²) in [7, 11) is 2.08. The molecule has 1 aliphatic heterocycles. The normalized spacial score (nSPS) is 29.4. The smallest absolute Gasteiger partial charge is 0.111 e. The summed E-state index contributed by atoms with van der Waals surface area (Å²) in [5.41, 5.74) is 0.710. The highest BCUT2D eigenvalue weighted by atomic mass is 16.3. The minimum atomic E-state index is -0.884. The zero-order chi connectivity index (χ0) is 14.2. The summed E-state index contributed by atoms with van der Waals surface area (Å²) in [6.07, 6.45) is 4.16. The van der Waals surface area contributed by atoms with Crippen molar-refractivity contribution in [2.45, 2.75) is 43.1 Å². The van der Waals surface area contributed by atoms with Gasteiger partial charge in [-0.3, -0.25) is 0 Å². The molecule has 1 unspecified atom stereocenters. The van der Waals surface area contributed by atoms with Gasteiger partial charge in [0.15, 0.2) is 0 Å². The second-order valence-electron chi connectivity index (χ2n) is 6.36. The Kier molecular flexibility index (Phi) is 3.32. The Hall–Kier alpha value is -1.37. The lowest BCUT2D eigenvalue weighted by molar-refractivity contribution is -0.0673. The van der Waals surface area contributed by atoms with E-state index in [1.807, 2.05) is 18.2 Å². The lowest BCUT2D eigenvalue weighted by Crippen LogP contribution is -2.57. The third kappa shape index (κ3) is 1.87. The fourth-order valence-electron chi connectivity index (χ4n) is 3.95. The van der Waals surface area contributed by atoms with Gasteiger partial charge >= 0.3 is 0 Å². The highest BCUT2D eigenvalue weighted by molar-refractivity contribution is 5.45. The Morgan fingerprint density at radius 2 is 1.90 bits per heavy atom. The number of nitriles is 1. The van der Waals surface area contributed by atoms with Gasteiger partial charge < -0.3 is 10.0 Å². The number of aliphatic hydroxyl groups is 1. The van der Waals surface area contributed by atoms with Crippen LogP contribution in [0.5, 0.6) is 0 Å². The summed E-state index contributed by atoms with van der Waals surface area (Å²) >= 11 is 0. The van der Waals surface area contributed by atoms with E-state index >= 15 is 0 Å². The molecule has 1 aliphatic carbocycles. The summed E-state index contributed by atoms with van der Waals surface area (Å²) in [6.45, 7) is 1.73. The molecule has 1 N–H and O–H groups in total. The maximum atomic E-state index is 11.3. The highest BCUT2D eigenvalue weighted by Gasteiger charge is 2.54. The van der Waals surface area contributed by atoms with Gasteiger partial charge in [-0.05, 0) is 50.3 Å². The highest BCUT2D eigenvalue weighted by Crippen LogP contribution is 2.48. The number of nitrogens with zero attached hydrogens (tertiary/aromatic N) is 2. The van der Waals surface area contributed by atoms with E-state index in [9.17, 15) is 10.4 Å². The third-order valence-corrected chi connectivity index (χ3v) is 5.27. The third-order valence-electron chi connectivity index (χ3n) is 5.27. The van der Waals surface area contributed by atoms with Crippen LogP contribution < -0.4 is 0 Å². The van der Waals surface area contributed by atoms with Crippen LogP contribution >= 0.6 is 0 Å². The number of aryl methyl sites for hydroxylation is 1. The van der Waals surface area contributed by atoms with E-state index in [0.29, 0.717) is 12.8 Å². The molecule has 0 saturated carbocycles. The molecule has 1 fully saturated rings. The van der Waals surface area contributed by atoms with Crippen molar-refractivity contribution < 1.29 is 5.11 Å². The Balaban J connectivity index is 2.07. The van der Waals surface area contributed by atoms with Gasteiger partial charge in [0.1, 0.15) is 5.41 Å². The molecular weight excluding hydrogens is 248 g/mol. The standard InChI is InChI=1S/C17H22N2O/c1-19-11-9-17(20,10-12-19)16(13-18)8-4-6-14-5-2-3-7-15(14)16/h2-3,5,7,20H,4,6,8-12H2,1H3. The quantitative estimate of drug-likeness (QED) is 0.851. The summed E-state index contributed by atoms with van der Waals surface area (Å²) in [6, 6.07) is 10.7. The van der Waals surface area contributed by atoms with Gasteiger partial charge in [0.05, 0.1) is 11.7 Å². The average Bonchev–Trinajstić information content (AvgIpc) is 2.49. The van der Waals surface area contributed by atoms with Gasteiger partial charge in [0.2, 0.25) is 0 Å². The molecule has 1 aromatic rings. The monoisotopic (exact) mass is 270 g/mol. The molecule has 1 aromatic carbocycles. The van der Waals surface area contributed by atoms with Crippen molar-refractivity contribution in [1.29, 1.82) is 5.26 Å². The molecule has 1 heterocycles. The molecule has 1 atom stereocenters. The topological polar surface area (TPSA) is 47.3 Å². The number of hydrogen-bond donors (Lipinski definition) is 1. The first-order valence-corrected chi connectivity index (χ1v) is 7.52. The Bertz CT molecular complexity index is 540. The van der Waals surface area contributed by atoms with Crippen molar-refractivity contribution in [3.05, 3.63) is 35.4 Å². The summed E-state index contributed by atoms with van der Waals surface area (Å²) in [4.78, 5) is 2.23. The van der Waals surface area contributed by atoms with E-state index in [1.54, 1.807) is 0 Å². The number of rotatable bonds is 1. The largest absolute Gasteiger partial charge is 0.388 e. The summed E-state index contributed by atoms with van der Waals surface area (Å²) < 4.78 is 0. The second-order valence-corrected chi connectivity index (χ2v) is 6.36. The van der Waals surface area contributed by atoms with Crippen LogP contribution in [0.3, 0.4) is 0 Å². The molecule has 0 radical (unpaired) electrons. The summed E-state index contributed by atoms with van der Waals surface area (Å²) in [5.74, 6) is 0. The molecule has 1 saturated heterocycles. The van der Waals surface area contributed by atoms with Crippen LogP contribution in [0, 0.1) is 11.3 Å². The molecule has 2 aliphatic rings. The van der Waals surface area contributed by atoms with Crippen LogP contribution in [0.25, 0.3) is 0 Å². The first-order chi connectivity index (χ1) is 9.61. The minimum Gasteiger partial charge on any atom is -0.388 e. The molecule has 3 rings (SSSR count). The molecule has 0 bridgehead atoms. The van der Waals surface area contributed by atoms with Gasteiger partial charge in [0.25, 0.3) is 0 Å². The number of hydrogen-bond acceptors (Lipinski definition) is 3.